The van der Waals surface area contributed by atoms with Gasteiger partial charge in [0.05, 0.1) is 10.2 Å². The average molecular weight is 223 g/mol. The normalized spacial score (nSPS) is 22.5. The van der Waals surface area contributed by atoms with Gasteiger partial charge in [-0.25, -0.2) is 8.78 Å². The van der Waals surface area contributed by atoms with Crippen LogP contribution in [0.2, 0.25) is 0 Å². The Kier molecular flexibility index (Phi) is 2.82. The molecule has 0 heterocycles. The molecule has 0 nitrogen and oxygen atoms in total. The predicted molar refractivity (Wildman–Crippen MR) is 45.4 cm³/mol. The van der Waals surface area contributed by atoms with E-state index in [0.29, 0.717) is 0 Å². The highest BCUT2D eigenvalue weighted by Crippen LogP contribution is 2.28. The van der Waals surface area contributed by atoms with Crippen molar-refractivity contribution >= 4 is 15.9 Å². The second-order valence-electron chi connectivity index (χ2n) is 2.66. The van der Waals surface area contributed by atoms with E-state index < -0.39 is 18.8 Å². The summed E-state index contributed by atoms with van der Waals surface area (Å²) in [6, 6.07) is 0. The first-order valence-corrected chi connectivity index (χ1v) is 4.29. The van der Waals surface area contributed by atoms with E-state index in [1.807, 2.05) is 0 Å². The van der Waals surface area contributed by atoms with Crippen molar-refractivity contribution in [2.24, 2.45) is 5.41 Å². The summed E-state index contributed by atoms with van der Waals surface area (Å²) in [5.74, 6) is 0. The lowest BCUT2D eigenvalue weighted by Crippen LogP contribution is -2.23. The van der Waals surface area contributed by atoms with Crippen molar-refractivity contribution in [3.05, 3.63) is 24.3 Å². The molecule has 0 amide bonds. The molecule has 0 fully saturated rings. The number of hydrogen-bond acceptors (Lipinski definition) is 0. The van der Waals surface area contributed by atoms with Crippen LogP contribution in [0.25, 0.3) is 0 Å². The number of hydrogen-bond donors (Lipinski definition) is 0. The standard InChI is InChI=1S/C8H9BrF2/c9-7-1-3-8(5-10,6-11)4-2-7/h1-4,7H,5-6H2. The van der Waals surface area contributed by atoms with Gasteiger partial charge in [-0.15, -0.1) is 0 Å². The van der Waals surface area contributed by atoms with Crippen molar-refractivity contribution in [2.75, 3.05) is 13.3 Å². The third kappa shape index (κ3) is 1.89. The Morgan fingerprint density at radius 3 is 2.00 bits per heavy atom. The molecule has 0 aromatic heterocycles. The molecule has 1 aliphatic carbocycles. The molecule has 11 heavy (non-hydrogen) atoms. The second kappa shape index (κ2) is 3.48. The Labute approximate surface area is 73.1 Å². The predicted octanol–water partition coefficient (Wildman–Crippen LogP) is 2.80. The van der Waals surface area contributed by atoms with Crippen molar-refractivity contribution in [2.45, 2.75) is 4.83 Å². The fourth-order valence-electron chi connectivity index (χ4n) is 0.901. The van der Waals surface area contributed by atoms with Crippen LogP contribution < -0.4 is 0 Å². The molecule has 0 radical (unpaired) electrons. The molecule has 0 spiro atoms. The zero-order valence-electron chi connectivity index (χ0n) is 5.93. The summed E-state index contributed by atoms with van der Waals surface area (Å²) in [4.78, 5) is 0.119. The highest BCUT2D eigenvalue weighted by Gasteiger charge is 2.26. The molecule has 0 N–H and O–H groups in total. The Balaban J connectivity index is 2.73. The number of rotatable bonds is 2. The van der Waals surface area contributed by atoms with Crippen molar-refractivity contribution in [1.82, 2.24) is 0 Å². The fourth-order valence-corrected chi connectivity index (χ4v) is 1.21. The third-order valence-electron chi connectivity index (χ3n) is 1.72. The van der Waals surface area contributed by atoms with Crippen LogP contribution in [0.15, 0.2) is 24.3 Å². The van der Waals surface area contributed by atoms with Gasteiger partial charge in [0.2, 0.25) is 0 Å². The molecule has 0 bridgehead atoms. The summed E-state index contributed by atoms with van der Waals surface area (Å²) in [5.41, 5.74) is -0.982. The first-order chi connectivity index (χ1) is 5.22. The third-order valence-corrected chi connectivity index (χ3v) is 2.33. The van der Waals surface area contributed by atoms with E-state index in [4.69, 9.17) is 0 Å². The second-order valence-corrected chi connectivity index (χ2v) is 3.72. The van der Waals surface area contributed by atoms with E-state index in [9.17, 15) is 8.78 Å². The fraction of sp³-hybridized carbons (Fsp3) is 0.500. The van der Waals surface area contributed by atoms with E-state index in [1.165, 1.54) is 0 Å². The molecule has 0 unspecified atom stereocenters. The van der Waals surface area contributed by atoms with Crippen molar-refractivity contribution in [3.8, 4) is 0 Å². The van der Waals surface area contributed by atoms with E-state index >= 15 is 0 Å². The van der Waals surface area contributed by atoms with E-state index in [-0.39, 0.29) is 4.83 Å². The van der Waals surface area contributed by atoms with Gasteiger partial charge in [-0.3, -0.25) is 0 Å². The minimum Gasteiger partial charge on any atom is -0.250 e. The van der Waals surface area contributed by atoms with Crippen LogP contribution in [0.5, 0.6) is 0 Å². The van der Waals surface area contributed by atoms with Crippen LogP contribution in [-0.4, -0.2) is 18.2 Å². The lowest BCUT2D eigenvalue weighted by molar-refractivity contribution is 0.259. The summed E-state index contributed by atoms with van der Waals surface area (Å²) < 4.78 is 24.6. The van der Waals surface area contributed by atoms with Gasteiger partial charge < -0.3 is 0 Å². The van der Waals surface area contributed by atoms with Crippen LogP contribution in [0, 0.1) is 5.41 Å². The number of alkyl halides is 3. The Hall–Kier alpha value is -0.180. The van der Waals surface area contributed by atoms with Gasteiger partial charge in [-0.05, 0) is 0 Å². The van der Waals surface area contributed by atoms with Gasteiger partial charge >= 0.3 is 0 Å². The molecule has 0 saturated heterocycles. The van der Waals surface area contributed by atoms with Crippen LogP contribution in [0.4, 0.5) is 8.78 Å². The number of allylic oxidation sites excluding steroid dienone is 4. The quantitative estimate of drug-likeness (QED) is 0.498. The molecule has 0 aromatic carbocycles. The molecular weight excluding hydrogens is 214 g/mol. The van der Waals surface area contributed by atoms with Gasteiger partial charge in [0, 0.05) is 0 Å². The number of halogens is 3. The van der Waals surface area contributed by atoms with E-state index in [2.05, 4.69) is 15.9 Å². The summed E-state index contributed by atoms with van der Waals surface area (Å²) in [7, 11) is 0. The van der Waals surface area contributed by atoms with Crippen molar-refractivity contribution in [3.63, 3.8) is 0 Å². The van der Waals surface area contributed by atoms with Gasteiger partial charge in [0.15, 0.2) is 0 Å². The van der Waals surface area contributed by atoms with E-state index in [0.717, 1.165) is 0 Å². The average Bonchev–Trinajstić information content (AvgIpc) is 2.07. The first-order valence-electron chi connectivity index (χ1n) is 3.37. The largest absolute Gasteiger partial charge is 0.250 e. The highest BCUT2D eigenvalue weighted by atomic mass is 79.9. The maximum absolute atomic E-state index is 12.3. The molecular formula is C8H9BrF2. The smallest absolute Gasteiger partial charge is 0.104 e. The zero-order chi connectivity index (χ0) is 8.32. The van der Waals surface area contributed by atoms with Gasteiger partial charge in [0.1, 0.15) is 13.3 Å². The van der Waals surface area contributed by atoms with Gasteiger partial charge in [0.25, 0.3) is 0 Å². The van der Waals surface area contributed by atoms with Crippen molar-refractivity contribution in [1.29, 1.82) is 0 Å². The molecule has 1 aliphatic rings. The monoisotopic (exact) mass is 222 g/mol. The zero-order valence-corrected chi connectivity index (χ0v) is 7.52. The topological polar surface area (TPSA) is 0 Å². The summed E-state index contributed by atoms with van der Waals surface area (Å²) in [6.45, 7) is -1.34. The molecule has 0 aromatic rings. The van der Waals surface area contributed by atoms with Gasteiger partial charge in [-0.1, -0.05) is 40.2 Å². The molecule has 0 aliphatic heterocycles. The SMILES string of the molecule is FCC1(CF)C=CC(Br)C=C1. The summed E-state index contributed by atoms with van der Waals surface area (Å²) in [6.07, 6.45) is 6.65. The molecule has 3 heteroatoms. The van der Waals surface area contributed by atoms with Crippen molar-refractivity contribution < 1.29 is 8.78 Å². The minimum atomic E-state index is -0.982. The van der Waals surface area contributed by atoms with Crippen LogP contribution in [0.1, 0.15) is 0 Å². The molecule has 1 rings (SSSR count). The minimum absolute atomic E-state index is 0.119. The van der Waals surface area contributed by atoms with Crippen LogP contribution >= 0.6 is 15.9 Å². The maximum atomic E-state index is 12.3. The Morgan fingerprint density at radius 2 is 1.64 bits per heavy atom. The van der Waals surface area contributed by atoms with E-state index in [1.54, 1.807) is 24.3 Å². The highest BCUT2D eigenvalue weighted by molar-refractivity contribution is 9.09. The first kappa shape index (κ1) is 8.91. The molecule has 62 valence electrons. The molecule has 0 atom stereocenters. The molecule has 0 saturated carbocycles. The lowest BCUT2D eigenvalue weighted by Gasteiger charge is -2.22. The Bertz CT molecular complexity index is 167. The Morgan fingerprint density at radius 1 is 1.18 bits per heavy atom. The summed E-state index contributed by atoms with van der Waals surface area (Å²) >= 11 is 3.28. The van der Waals surface area contributed by atoms with Crippen LogP contribution in [0.3, 0.4) is 0 Å². The summed E-state index contributed by atoms with van der Waals surface area (Å²) in [5, 5.41) is 0. The van der Waals surface area contributed by atoms with Gasteiger partial charge in [-0.2, -0.15) is 0 Å². The van der Waals surface area contributed by atoms with Crippen LogP contribution in [-0.2, 0) is 0 Å². The lowest BCUT2D eigenvalue weighted by atomic mass is 9.87. The maximum Gasteiger partial charge on any atom is 0.104 e.